The number of nitrogens with zero attached hydrogens (tertiary/aromatic N) is 3. The number of hydrogen-bond acceptors (Lipinski definition) is 10. The van der Waals surface area contributed by atoms with Gasteiger partial charge in [0.15, 0.2) is 0 Å². The number of fused-ring (bicyclic) bond motifs is 3. The Labute approximate surface area is 314 Å². The third kappa shape index (κ3) is 7.22. The van der Waals surface area contributed by atoms with Gasteiger partial charge in [0.2, 0.25) is 21.8 Å². The Morgan fingerprint density at radius 1 is 0.963 bits per heavy atom. The summed E-state index contributed by atoms with van der Waals surface area (Å²) in [6.07, 6.45) is 4.35. The van der Waals surface area contributed by atoms with Crippen LogP contribution in [0, 0.1) is 11.8 Å². The van der Waals surface area contributed by atoms with E-state index in [1.807, 2.05) is 48.5 Å². The number of hydroxylamine groups is 2. The summed E-state index contributed by atoms with van der Waals surface area (Å²) in [6, 6.07) is 12.9. The average Bonchev–Trinajstić information content (AvgIpc) is 4.07. The summed E-state index contributed by atoms with van der Waals surface area (Å²) in [4.78, 5) is 62.7. The van der Waals surface area contributed by atoms with Crippen LogP contribution in [0.25, 0.3) is 11.1 Å². The van der Waals surface area contributed by atoms with Crippen LogP contribution in [0.2, 0.25) is 0 Å². The van der Waals surface area contributed by atoms with Gasteiger partial charge in [-0.25, -0.2) is 13.2 Å². The number of sulfonamides is 1. The van der Waals surface area contributed by atoms with E-state index in [1.165, 1.54) is 11.0 Å². The first kappa shape index (κ1) is 37.6. The first-order valence-electron chi connectivity index (χ1n) is 18.8. The number of oxime groups is 1. The number of likely N-dealkylation sites (tertiary alicyclic amines) is 1. The Balaban J connectivity index is 1.15. The molecule has 4 fully saturated rings. The van der Waals surface area contributed by atoms with Gasteiger partial charge < -0.3 is 19.8 Å². The summed E-state index contributed by atoms with van der Waals surface area (Å²) in [7, 11) is -3.92. The van der Waals surface area contributed by atoms with E-state index in [-0.39, 0.29) is 25.5 Å². The minimum Gasteiger partial charge on any atom is -0.445 e. The first-order chi connectivity index (χ1) is 25.8. The van der Waals surface area contributed by atoms with Gasteiger partial charge in [-0.15, -0.1) is 6.58 Å². The van der Waals surface area contributed by atoms with E-state index in [9.17, 15) is 32.8 Å². The average molecular weight is 762 g/mol. The first-order valence-corrected chi connectivity index (χ1v) is 20.3. The number of hydrogen-bond donors (Lipinski definition) is 3. The fourth-order valence-electron chi connectivity index (χ4n) is 7.94. The lowest BCUT2D eigenvalue weighted by molar-refractivity contribution is -0.164. The van der Waals surface area contributed by atoms with Crippen LogP contribution in [-0.4, -0.2) is 94.7 Å². The molecule has 4 amide bonds. The summed E-state index contributed by atoms with van der Waals surface area (Å²) in [5, 5.41) is 18.1. The minimum atomic E-state index is -3.92. The van der Waals surface area contributed by atoms with Crippen LogP contribution in [0.5, 0.6) is 0 Å². The fourth-order valence-corrected chi connectivity index (χ4v) is 9.30. The summed E-state index contributed by atoms with van der Waals surface area (Å²) in [5.74, 6) is -3.47. The molecule has 0 spiro atoms. The highest BCUT2D eigenvalue weighted by Gasteiger charge is 2.62. The maximum Gasteiger partial charge on any atom is 0.434 e. The van der Waals surface area contributed by atoms with E-state index in [0.29, 0.717) is 36.5 Å². The highest BCUT2D eigenvalue weighted by molar-refractivity contribution is 7.91. The van der Waals surface area contributed by atoms with Crippen molar-refractivity contribution < 1.29 is 42.4 Å². The van der Waals surface area contributed by atoms with E-state index in [1.54, 1.807) is 13.8 Å². The van der Waals surface area contributed by atoms with Crippen LogP contribution in [0.3, 0.4) is 0 Å². The zero-order valence-electron chi connectivity index (χ0n) is 30.5. The third-order valence-electron chi connectivity index (χ3n) is 11.2. The number of nitrogens with one attached hydrogen (secondary N) is 2. The molecule has 0 radical (unpaired) electrons. The molecule has 4 aliphatic carbocycles. The molecule has 15 heteroatoms. The van der Waals surface area contributed by atoms with Crippen molar-refractivity contribution in [3.05, 3.63) is 72.3 Å². The summed E-state index contributed by atoms with van der Waals surface area (Å²) >= 11 is 0. The predicted octanol–water partition coefficient (Wildman–Crippen LogP) is 4.26. The second-order valence-corrected chi connectivity index (χ2v) is 17.3. The van der Waals surface area contributed by atoms with Gasteiger partial charge in [0.05, 0.1) is 11.8 Å². The molecule has 1 saturated heterocycles. The quantitative estimate of drug-likeness (QED) is 0.138. The van der Waals surface area contributed by atoms with Gasteiger partial charge in [-0.05, 0) is 62.0 Å². The lowest BCUT2D eigenvalue weighted by Gasteiger charge is -2.34. The van der Waals surface area contributed by atoms with Gasteiger partial charge in [0, 0.05) is 23.5 Å². The number of carbonyl (C=O) groups is 4. The van der Waals surface area contributed by atoms with Gasteiger partial charge in [-0.3, -0.25) is 24.3 Å². The molecule has 14 nitrogen and oxygen atoms in total. The summed E-state index contributed by atoms with van der Waals surface area (Å²) < 4.78 is 33.1. The molecule has 5 atom stereocenters. The molecule has 0 bridgehead atoms. The van der Waals surface area contributed by atoms with Crippen LogP contribution in [-0.2, 0) is 34.0 Å². The van der Waals surface area contributed by atoms with Crippen molar-refractivity contribution in [3.63, 3.8) is 0 Å². The lowest BCUT2D eigenvalue weighted by Crippen LogP contribution is -2.59. The van der Waals surface area contributed by atoms with Gasteiger partial charge in [-0.1, -0.05) is 80.0 Å². The van der Waals surface area contributed by atoms with E-state index >= 15 is 0 Å². The molecule has 3 N–H and O–H groups in total. The molecular weight excluding hydrogens is 715 g/mol. The van der Waals surface area contributed by atoms with Gasteiger partial charge in [-0.2, -0.15) is 5.06 Å². The zero-order valence-corrected chi connectivity index (χ0v) is 31.3. The number of carbonyl (C=O) groups excluding carboxylic acids is 4. The molecule has 1 heterocycles. The minimum absolute atomic E-state index is 0.0444. The number of benzene rings is 2. The van der Waals surface area contributed by atoms with Crippen molar-refractivity contribution in [3.8, 4) is 11.1 Å². The molecule has 0 unspecified atom stereocenters. The Morgan fingerprint density at radius 3 is 2.13 bits per heavy atom. The van der Waals surface area contributed by atoms with Crippen molar-refractivity contribution in [1.29, 1.82) is 0 Å². The molecule has 0 aromatic heterocycles. The topological polar surface area (TPSA) is 184 Å². The van der Waals surface area contributed by atoms with E-state index in [0.717, 1.165) is 41.5 Å². The molecule has 288 valence electrons. The van der Waals surface area contributed by atoms with Crippen molar-refractivity contribution in [1.82, 2.24) is 20.0 Å². The predicted molar refractivity (Wildman–Crippen MR) is 197 cm³/mol. The van der Waals surface area contributed by atoms with Crippen LogP contribution >= 0.6 is 0 Å². The Morgan fingerprint density at radius 2 is 1.57 bits per heavy atom. The van der Waals surface area contributed by atoms with Crippen LogP contribution < -0.4 is 10.0 Å². The van der Waals surface area contributed by atoms with Gasteiger partial charge in [0.1, 0.15) is 35.5 Å². The standard InChI is InChI=1S/C39H47N5O9S/c1-4-24-21-39(24,37(47)42-54(50,51)27-18-19-27)40-35(45)32-20-26(53-41-33-30-16-10-8-14-28(30)29-15-9-11-17-31(29)33)22-43(32)36(46)34(23(2)3)44(49)38(48)52-25-12-6-5-7-13-25/h4,8-11,14-17,23-27,32,34,49H,1,5-7,12-13,18-22H2,2-3H3,(H,40,45)(H,42,47)/t24-,26-,32+,34-,39+/m1/s1. The Kier molecular flexibility index (Phi) is 10.3. The molecule has 2 aromatic carbocycles. The molecule has 7 rings (SSSR count). The molecule has 3 saturated carbocycles. The normalized spacial score (nSPS) is 25.2. The van der Waals surface area contributed by atoms with Crippen molar-refractivity contribution in [2.45, 2.75) is 107 Å². The van der Waals surface area contributed by atoms with E-state index < -0.39 is 74.7 Å². The Bertz CT molecular complexity index is 1930. The third-order valence-corrected chi connectivity index (χ3v) is 13.0. The van der Waals surface area contributed by atoms with E-state index in [2.05, 4.69) is 21.8 Å². The highest BCUT2D eigenvalue weighted by atomic mass is 32.2. The molecule has 5 aliphatic rings. The van der Waals surface area contributed by atoms with Gasteiger partial charge >= 0.3 is 6.09 Å². The molecular formula is C39H47N5O9S. The second kappa shape index (κ2) is 14.8. The fraction of sp³-hybridized carbons (Fsp3) is 0.513. The maximum atomic E-state index is 14.4. The summed E-state index contributed by atoms with van der Waals surface area (Å²) in [6.45, 7) is 6.96. The van der Waals surface area contributed by atoms with Crippen LogP contribution in [0.4, 0.5) is 4.79 Å². The highest BCUT2D eigenvalue weighted by Crippen LogP contribution is 2.46. The summed E-state index contributed by atoms with van der Waals surface area (Å²) in [5.41, 5.74) is 2.72. The van der Waals surface area contributed by atoms with Crippen molar-refractivity contribution >= 4 is 39.5 Å². The smallest absolute Gasteiger partial charge is 0.434 e. The Hall–Kier alpha value is -4.76. The van der Waals surface area contributed by atoms with Crippen LogP contribution in [0.15, 0.2) is 66.3 Å². The number of ether oxygens (including phenoxy) is 1. The SMILES string of the molecule is C=C[C@@H]1C[C@@]1(NC(=O)[C@@H]1C[C@@H](ON=C2c3ccccc3-c3ccccc32)CN1C(=O)[C@@H](C(C)C)N(O)C(=O)OC1CCCCC1)C(=O)NS(=O)(=O)C1CC1. The lowest BCUT2D eigenvalue weighted by atomic mass is 9.98. The largest absolute Gasteiger partial charge is 0.445 e. The monoisotopic (exact) mass is 761 g/mol. The van der Waals surface area contributed by atoms with Crippen molar-refractivity contribution in [2.24, 2.45) is 17.0 Å². The maximum absolute atomic E-state index is 14.4. The van der Waals surface area contributed by atoms with Crippen LogP contribution in [0.1, 0.15) is 82.8 Å². The second-order valence-electron chi connectivity index (χ2n) is 15.4. The molecule has 1 aliphatic heterocycles. The van der Waals surface area contributed by atoms with Crippen molar-refractivity contribution in [2.75, 3.05) is 6.54 Å². The van der Waals surface area contributed by atoms with Gasteiger partial charge in [0.25, 0.3) is 5.91 Å². The molecule has 2 aromatic rings. The van der Waals surface area contributed by atoms with E-state index in [4.69, 9.17) is 9.57 Å². The number of amides is 4. The zero-order chi connectivity index (χ0) is 38.4. The molecule has 54 heavy (non-hydrogen) atoms. The number of rotatable bonds is 12.